The Balaban J connectivity index is -0.00000000500. The second-order valence-corrected chi connectivity index (χ2v) is 0. The van der Waals surface area contributed by atoms with E-state index in [0.29, 0.717) is 0 Å². The van der Waals surface area contributed by atoms with Crippen LogP contribution in [0.25, 0.3) is 0 Å². The zero-order valence-corrected chi connectivity index (χ0v) is 2.60. The molecule has 0 N–H and O–H groups in total. The Bertz CT molecular complexity index is 6.00. The van der Waals surface area contributed by atoms with Gasteiger partial charge in [0.1, 0.15) is 0 Å². The van der Waals surface area contributed by atoms with Crippen LogP contribution >= 0.6 is 0 Å². The maximum absolute atomic E-state index is 7.94. The molecule has 0 saturated carbocycles. The summed E-state index contributed by atoms with van der Waals surface area (Å²) in [7, 11) is 0. The van der Waals surface area contributed by atoms with E-state index in [1.54, 1.807) is 0 Å². The van der Waals surface area contributed by atoms with Gasteiger partial charge in [-0.1, -0.05) is 0 Å². The molecule has 4 heteroatoms. The fourth-order valence-corrected chi connectivity index (χ4v) is 0. The average molecular weight is 115 g/mol. The van der Waals surface area contributed by atoms with Gasteiger partial charge in [0.2, 0.25) is 0 Å². The van der Waals surface area contributed by atoms with Crippen molar-refractivity contribution in [3.8, 4) is 0 Å². The summed E-state index contributed by atoms with van der Waals surface area (Å²) in [5.41, 5.74) is 0. The number of hydrogen-bond donors (Lipinski definition) is 0. The second-order valence-electron chi connectivity index (χ2n) is 0. The van der Waals surface area contributed by atoms with Crippen LogP contribution < -0.4 is 0 Å². The van der Waals surface area contributed by atoms with Crippen LogP contribution in [0.5, 0.6) is 0 Å². The van der Waals surface area contributed by atoms with E-state index in [1.165, 1.54) is 0 Å². The van der Waals surface area contributed by atoms with E-state index < -0.39 is 0 Å². The number of hydrogen-bond acceptors (Lipinski definition) is 1. The van der Waals surface area contributed by atoms with Gasteiger partial charge >= 0.3 is 19.5 Å². The molecule has 0 heterocycles. The molecule has 0 fully saturated rings. The van der Waals surface area contributed by atoms with E-state index in [0.717, 1.165) is 0 Å². The first-order valence-electron chi connectivity index (χ1n) is 0.136. The second kappa shape index (κ2) is 536. The molecule has 4 heavy (non-hydrogen) atoms. The van der Waals surface area contributed by atoms with E-state index in [9.17, 15) is 0 Å². The van der Waals surface area contributed by atoms with Gasteiger partial charge in [-0.15, -0.1) is 0 Å². The van der Waals surface area contributed by atoms with Crippen LogP contribution in [-0.4, -0.2) is 0 Å². The number of rotatable bonds is 0. The van der Waals surface area contributed by atoms with Crippen molar-refractivity contribution in [3.63, 3.8) is 0 Å². The summed E-state index contributed by atoms with van der Waals surface area (Å²) in [5, 5.41) is 0. The van der Waals surface area contributed by atoms with Gasteiger partial charge in [-0.2, -0.15) is 0 Å². The van der Waals surface area contributed by atoms with Crippen molar-refractivity contribution in [2.24, 2.45) is 0 Å². The zero-order valence-electron chi connectivity index (χ0n) is 1.56. The van der Waals surface area contributed by atoms with Crippen LogP contribution in [0.2, 0.25) is 0 Å². The molecular formula is H2CoF2O. The summed E-state index contributed by atoms with van der Waals surface area (Å²) in [6.07, 6.45) is 0. The molecule has 31 valence electrons. The van der Waals surface area contributed by atoms with Gasteiger partial charge in [-0.3, -0.25) is 9.41 Å². The quantitative estimate of drug-likeness (QED) is 0.440. The van der Waals surface area contributed by atoms with Gasteiger partial charge in [0.15, 0.2) is 0 Å². The van der Waals surface area contributed by atoms with E-state index in [-0.39, 0.29) is 9.41 Å². The van der Waals surface area contributed by atoms with Crippen molar-refractivity contribution >= 4 is 0 Å². The molecule has 0 rings (SSSR count). The summed E-state index contributed by atoms with van der Waals surface area (Å²) in [4.78, 5) is 0. The molecule has 0 spiro atoms. The van der Waals surface area contributed by atoms with Gasteiger partial charge in [-0.25, -0.2) is 0 Å². The first-order valence-corrected chi connectivity index (χ1v) is 0.561. The Labute approximate surface area is 29.9 Å². The molecule has 0 aliphatic heterocycles. The van der Waals surface area contributed by atoms with Gasteiger partial charge in [-0.05, 0) is 0 Å². The Morgan fingerprint density at radius 1 is 1.00 bits per heavy atom. The number of halogens is 2. The monoisotopic (exact) mass is 115 g/mol. The molecule has 1 nitrogen and oxygen atoms in total. The van der Waals surface area contributed by atoms with Crippen molar-refractivity contribution in [1.82, 2.24) is 0 Å². The molecule has 0 aromatic rings. The van der Waals surface area contributed by atoms with Gasteiger partial charge in [0.25, 0.3) is 0 Å². The summed E-state index contributed by atoms with van der Waals surface area (Å²) in [5.74, 6) is 0. The molecule has 0 atom stereocenters. The normalized spacial score (nSPS) is 1.25. The Hall–Kier alpha value is 0.166. The molecule has 0 unspecified atom stereocenters. The Morgan fingerprint density at radius 3 is 1.00 bits per heavy atom. The van der Waals surface area contributed by atoms with Crippen molar-refractivity contribution in [1.29, 1.82) is 0 Å². The van der Waals surface area contributed by atoms with Crippen LogP contribution in [0.4, 0.5) is 9.41 Å². The summed E-state index contributed by atoms with van der Waals surface area (Å²) in [6, 6.07) is 0. The first kappa shape index (κ1) is 30.7. The fraction of sp³-hybridized carbons (Fsp3) is 0. The Morgan fingerprint density at radius 2 is 1.00 bits per heavy atom. The van der Waals surface area contributed by atoms with Crippen LogP contribution in [0.15, 0.2) is 0 Å². The molecule has 0 aromatic carbocycles. The van der Waals surface area contributed by atoms with Crippen molar-refractivity contribution in [2.45, 2.75) is 0 Å². The SMILES string of the molecule is F.F.[O]=[Co]. The third-order valence-electron chi connectivity index (χ3n) is 0. The third-order valence-corrected chi connectivity index (χ3v) is 0. The van der Waals surface area contributed by atoms with Gasteiger partial charge in [0, 0.05) is 0 Å². The molecule has 0 saturated heterocycles. The van der Waals surface area contributed by atoms with Crippen LogP contribution in [0.3, 0.4) is 0 Å². The molecule has 0 aliphatic carbocycles. The summed E-state index contributed by atoms with van der Waals surface area (Å²) in [6.45, 7) is 0. The van der Waals surface area contributed by atoms with E-state index in [4.69, 9.17) is 3.87 Å². The average Bonchev–Trinajstić information content (AvgIpc) is 1.00. The fourth-order valence-electron chi connectivity index (χ4n) is 0. The van der Waals surface area contributed by atoms with Crippen molar-refractivity contribution in [2.75, 3.05) is 0 Å². The minimum atomic E-state index is 0. The Kier molecular flexibility index (Phi) is 4120. The van der Waals surface area contributed by atoms with Crippen molar-refractivity contribution < 1.29 is 28.9 Å². The third kappa shape index (κ3) is 106. The maximum atomic E-state index is 7.94. The topological polar surface area (TPSA) is 17.1 Å². The van der Waals surface area contributed by atoms with E-state index >= 15 is 0 Å². The van der Waals surface area contributed by atoms with Crippen molar-refractivity contribution in [3.05, 3.63) is 0 Å². The molecule has 0 radical (unpaired) electrons. The van der Waals surface area contributed by atoms with E-state index in [1.807, 2.05) is 0 Å². The van der Waals surface area contributed by atoms with Crippen LogP contribution in [0, 0.1) is 0 Å². The molecule has 0 aromatic heterocycles. The molecular weight excluding hydrogens is 113 g/mol. The van der Waals surface area contributed by atoms with Crippen LogP contribution in [0.1, 0.15) is 0 Å². The predicted octanol–water partition coefficient (Wildman–Crippen LogP) is 0.184. The van der Waals surface area contributed by atoms with E-state index in [2.05, 4.69) is 15.7 Å². The van der Waals surface area contributed by atoms with Crippen LogP contribution in [-0.2, 0) is 19.5 Å². The van der Waals surface area contributed by atoms with Gasteiger partial charge in [0.05, 0.1) is 0 Å². The summed E-state index contributed by atoms with van der Waals surface area (Å²) < 4.78 is 7.94. The standard InChI is InChI=1S/Co.2FH.O/h;2*1H;. The molecule has 0 bridgehead atoms. The van der Waals surface area contributed by atoms with Gasteiger partial charge < -0.3 is 0 Å². The first-order chi connectivity index (χ1) is 1.00. The summed E-state index contributed by atoms with van der Waals surface area (Å²) >= 11 is 2.31. The zero-order chi connectivity index (χ0) is 2.00. The minimum absolute atomic E-state index is 0. The molecule has 0 aliphatic rings. The molecule has 0 amide bonds. The predicted molar refractivity (Wildman–Crippen MR) is 5.69 cm³/mol.